The van der Waals surface area contributed by atoms with Gasteiger partial charge in [0, 0.05) is 25.3 Å². The molecule has 126 valence electrons. The van der Waals surface area contributed by atoms with E-state index in [1.54, 1.807) is 6.20 Å². The highest BCUT2D eigenvalue weighted by molar-refractivity contribution is 7.91. The summed E-state index contributed by atoms with van der Waals surface area (Å²) in [6.45, 7) is 0.825. The van der Waals surface area contributed by atoms with Crippen LogP contribution in [0.4, 0.5) is 17.5 Å². The Morgan fingerprint density at radius 2 is 2.12 bits per heavy atom. The molecule has 0 saturated carbocycles. The van der Waals surface area contributed by atoms with Gasteiger partial charge in [-0.15, -0.1) is 5.10 Å². The summed E-state index contributed by atoms with van der Waals surface area (Å²) < 4.78 is 23.4. The minimum absolute atomic E-state index is 0.0505. The number of rotatable bonds is 3. The van der Waals surface area contributed by atoms with E-state index < -0.39 is 9.84 Å². The lowest BCUT2D eigenvalue weighted by atomic mass is 10.2. The summed E-state index contributed by atoms with van der Waals surface area (Å²) in [5.74, 6) is 1.64. The van der Waals surface area contributed by atoms with Crippen LogP contribution in [0.3, 0.4) is 0 Å². The third-order valence-corrected chi connectivity index (χ3v) is 6.53. The number of sulfone groups is 1. The first-order valence-electron chi connectivity index (χ1n) is 8.02. The molecule has 24 heavy (non-hydrogen) atoms. The Hall–Kier alpha value is -2.22. The molecule has 0 amide bonds. The van der Waals surface area contributed by atoms with Crippen molar-refractivity contribution in [2.75, 3.05) is 34.9 Å². The van der Waals surface area contributed by atoms with Crippen molar-refractivity contribution in [3.63, 3.8) is 0 Å². The molecular formula is C16H19N5O2S. The van der Waals surface area contributed by atoms with Gasteiger partial charge in [-0.1, -0.05) is 18.2 Å². The number of para-hydroxylation sites is 1. The van der Waals surface area contributed by atoms with Crippen molar-refractivity contribution >= 4 is 27.3 Å². The molecule has 0 spiro atoms. The van der Waals surface area contributed by atoms with Crippen LogP contribution >= 0.6 is 0 Å². The molecule has 0 N–H and O–H groups in total. The minimum atomic E-state index is -2.93. The predicted molar refractivity (Wildman–Crippen MR) is 92.4 cm³/mol. The van der Waals surface area contributed by atoms with Crippen LogP contribution < -0.4 is 9.80 Å². The van der Waals surface area contributed by atoms with Crippen molar-refractivity contribution in [1.29, 1.82) is 0 Å². The maximum atomic E-state index is 11.7. The Bertz CT molecular complexity index is 870. The zero-order valence-corrected chi connectivity index (χ0v) is 14.3. The molecule has 8 heteroatoms. The highest BCUT2D eigenvalue weighted by atomic mass is 32.2. The lowest BCUT2D eigenvalue weighted by Crippen LogP contribution is -2.33. The fraction of sp³-hybridized carbons (Fsp3) is 0.438. The molecule has 0 bridgehead atoms. The SMILES string of the molecule is CN(c1cnnc(N2CCc3ccccc32)n1)C1CCS(=O)(=O)C1. The largest absolute Gasteiger partial charge is 0.354 e. The van der Waals surface area contributed by atoms with E-state index in [1.165, 1.54) is 5.56 Å². The van der Waals surface area contributed by atoms with Crippen LogP contribution in [0.1, 0.15) is 12.0 Å². The number of hydrogen-bond acceptors (Lipinski definition) is 7. The lowest BCUT2D eigenvalue weighted by molar-refractivity contribution is 0.600. The number of benzene rings is 1. The van der Waals surface area contributed by atoms with Gasteiger partial charge in [-0.2, -0.15) is 10.1 Å². The van der Waals surface area contributed by atoms with Gasteiger partial charge in [-0.25, -0.2) is 8.42 Å². The van der Waals surface area contributed by atoms with E-state index in [1.807, 2.05) is 24.1 Å². The molecule has 4 rings (SSSR count). The molecule has 1 unspecified atom stereocenters. The Labute approximate surface area is 141 Å². The first kappa shape index (κ1) is 15.3. The molecule has 1 saturated heterocycles. The van der Waals surface area contributed by atoms with Crippen LogP contribution in [0.25, 0.3) is 0 Å². The van der Waals surface area contributed by atoms with Crippen LogP contribution in [0.2, 0.25) is 0 Å². The van der Waals surface area contributed by atoms with Crippen LogP contribution in [0.15, 0.2) is 30.5 Å². The van der Waals surface area contributed by atoms with Gasteiger partial charge in [0.2, 0.25) is 0 Å². The van der Waals surface area contributed by atoms with E-state index >= 15 is 0 Å². The molecule has 2 aromatic rings. The van der Waals surface area contributed by atoms with Crippen molar-refractivity contribution in [2.45, 2.75) is 18.9 Å². The molecule has 1 atom stereocenters. The van der Waals surface area contributed by atoms with Crippen molar-refractivity contribution < 1.29 is 8.42 Å². The molecule has 3 heterocycles. The third-order valence-electron chi connectivity index (χ3n) is 4.78. The van der Waals surface area contributed by atoms with E-state index in [-0.39, 0.29) is 17.5 Å². The molecular weight excluding hydrogens is 326 g/mol. The average Bonchev–Trinajstić information content (AvgIpc) is 3.17. The van der Waals surface area contributed by atoms with E-state index in [0.717, 1.165) is 18.7 Å². The average molecular weight is 345 g/mol. The maximum Gasteiger partial charge on any atom is 0.251 e. The van der Waals surface area contributed by atoms with Crippen LogP contribution in [0.5, 0.6) is 0 Å². The zero-order chi connectivity index (χ0) is 16.7. The summed E-state index contributed by atoms with van der Waals surface area (Å²) in [4.78, 5) is 8.60. The zero-order valence-electron chi connectivity index (χ0n) is 13.5. The van der Waals surface area contributed by atoms with Crippen LogP contribution in [0, 0.1) is 0 Å². The van der Waals surface area contributed by atoms with Crippen molar-refractivity contribution in [2.24, 2.45) is 0 Å². The number of fused-ring (bicyclic) bond motifs is 1. The second-order valence-corrected chi connectivity index (χ2v) is 8.54. The highest BCUT2D eigenvalue weighted by Crippen LogP contribution is 2.32. The summed E-state index contributed by atoms with van der Waals surface area (Å²) >= 11 is 0. The fourth-order valence-corrected chi connectivity index (χ4v) is 5.16. The monoisotopic (exact) mass is 345 g/mol. The molecule has 0 aliphatic carbocycles. The van der Waals surface area contributed by atoms with Crippen LogP contribution in [-0.4, -0.2) is 54.7 Å². The Balaban J connectivity index is 1.61. The van der Waals surface area contributed by atoms with Crippen molar-refractivity contribution in [1.82, 2.24) is 15.2 Å². The van der Waals surface area contributed by atoms with Gasteiger partial charge < -0.3 is 9.80 Å². The van der Waals surface area contributed by atoms with E-state index in [9.17, 15) is 8.42 Å². The summed E-state index contributed by atoms with van der Waals surface area (Å²) in [7, 11) is -1.06. The molecule has 1 fully saturated rings. The Morgan fingerprint density at radius 3 is 2.92 bits per heavy atom. The first-order chi connectivity index (χ1) is 11.5. The summed E-state index contributed by atoms with van der Waals surface area (Å²) in [6, 6.07) is 8.16. The number of nitrogens with zero attached hydrogens (tertiary/aromatic N) is 5. The fourth-order valence-electron chi connectivity index (χ4n) is 3.38. The third kappa shape index (κ3) is 2.71. The number of aromatic nitrogens is 3. The van der Waals surface area contributed by atoms with Gasteiger partial charge in [0.05, 0.1) is 17.7 Å². The van der Waals surface area contributed by atoms with Gasteiger partial charge in [-0.05, 0) is 24.5 Å². The van der Waals surface area contributed by atoms with E-state index in [0.29, 0.717) is 18.2 Å². The maximum absolute atomic E-state index is 11.7. The summed E-state index contributed by atoms with van der Waals surface area (Å²) in [5.41, 5.74) is 2.39. The first-order valence-corrected chi connectivity index (χ1v) is 9.84. The lowest BCUT2D eigenvalue weighted by Gasteiger charge is -2.25. The quantitative estimate of drug-likeness (QED) is 0.826. The van der Waals surface area contributed by atoms with Gasteiger partial charge >= 0.3 is 0 Å². The van der Waals surface area contributed by atoms with Crippen LogP contribution in [-0.2, 0) is 16.3 Å². The van der Waals surface area contributed by atoms with Crippen molar-refractivity contribution in [3.05, 3.63) is 36.0 Å². The predicted octanol–water partition coefficient (Wildman–Crippen LogP) is 1.19. The summed E-state index contributed by atoms with van der Waals surface area (Å²) in [5, 5.41) is 8.26. The van der Waals surface area contributed by atoms with E-state index in [4.69, 9.17) is 0 Å². The van der Waals surface area contributed by atoms with E-state index in [2.05, 4.69) is 32.2 Å². The van der Waals surface area contributed by atoms with Gasteiger partial charge in [0.25, 0.3) is 5.95 Å². The Morgan fingerprint density at radius 1 is 1.29 bits per heavy atom. The normalized spacial score (nSPS) is 21.7. The van der Waals surface area contributed by atoms with Gasteiger partial charge in [0.1, 0.15) is 0 Å². The minimum Gasteiger partial charge on any atom is -0.354 e. The molecule has 7 nitrogen and oxygen atoms in total. The standard InChI is InChI=1S/C16H19N5O2S/c1-20(13-7-9-24(22,23)11-13)15-10-17-19-16(18-15)21-8-6-12-4-2-3-5-14(12)21/h2-5,10,13H,6-9,11H2,1H3. The van der Waals surface area contributed by atoms with Gasteiger partial charge in [-0.3, -0.25) is 0 Å². The Kier molecular flexibility index (Phi) is 3.64. The number of hydrogen-bond donors (Lipinski definition) is 0. The second kappa shape index (κ2) is 5.70. The topological polar surface area (TPSA) is 79.3 Å². The van der Waals surface area contributed by atoms with Gasteiger partial charge in [0.15, 0.2) is 15.7 Å². The summed E-state index contributed by atoms with van der Waals surface area (Å²) in [6.07, 6.45) is 3.18. The molecule has 2 aliphatic rings. The second-order valence-electron chi connectivity index (χ2n) is 6.31. The highest BCUT2D eigenvalue weighted by Gasteiger charge is 2.32. The molecule has 1 aromatic heterocycles. The molecule has 1 aromatic carbocycles. The molecule has 2 aliphatic heterocycles. The number of anilines is 3. The smallest absolute Gasteiger partial charge is 0.251 e. The van der Waals surface area contributed by atoms with Crippen molar-refractivity contribution in [3.8, 4) is 0 Å². The molecule has 0 radical (unpaired) electrons.